The van der Waals surface area contributed by atoms with Crippen molar-refractivity contribution in [1.29, 1.82) is 0 Å². The van der Waals surface area contributed by atoms with Crippen LogP contribution in [0.4, 0.5) is 0 Å². The summed E-state index contributed by atoms with van der Waals surface area (Å²) in [5.74, 6) is 0.821. The van der Waals surface area contributed by atoms with Crippen LogP contribution in [0.1, 0.15) is 0 Å². The SMILES string of the molecule is c1ccc2cc(-c3c4ccccc4c(-c4ccc5c6ccccc6n(-c6nc7ccccc7c7nc8ccccc8n67)c5c4)c4ccccc34)ccc2c1. The maximum atomic E-state index is 5.42. The standard InChI is InChI=1S/C50H30N4/c1-2-14-32-29-33(26-25-31(32)13-1)47-37-16-3-5-18-39(37)48(40-19-6-4-17-38(40)47)34-27-28-36-35-15-8-11-23-44(35)53(46(36)30-34)50-52-42-21-9-7-20-41(42)49-51-43-22-10-12-24-45(43)54(49)50/h1-30H. The molecular weight excluding hydrogens is 657 g/mol. The number of rotatable bonds is 3. The molecule has 0 spiro atoms. The van der Waals surface area contributed by atoms with E-state index in [9.17, 15) is 0 Å². The fourth-order valence-corrected chi connectivity index (χ4v) is 8.91. The van der Waals surface area contributed by atoms with Gasteiger partial charge in [-0.15, -0.1) is 0 Å². The van der Waals surface area contributed by atoms with E-state index >= 15 is 0 Å². The monoisotopic (exact) mass is 686 g/mol. The minimum absolute atomic E-state index is 0.821. The smallest absolute Gasteiger partial charge is 0.221 e. The van der Waals surface area contributed by atoms with Gasteiger partial charge in [0.2, 0.25) is 5.95 Å². The van der Waals surface area contributed by atoms with Crippen molar-refractivity contribution < 1.29 is 0 Å². The molecule has 0 aliphatic heterocycles. The third kappa shape index (κ3) is 4.08. The highest BCUT2D eigenvalue weighted by Crippen LogP contribution is 2.45. The zero-order chi connectivity index (χ0) is 35.3. The Labute approximate surface area is 309 Å². The van der Waals surface area contributed by atoms with Gasteiger partial charge in [-0.05, 0) is 97.0 Å². The van der Waals surface area contributed by atoms with Crippen LogP contribution < -0.4 is 0 Å². The highest BCUT2D eigenvalue weighted by molar-refractivity contribution is 6.22. The van der Waals surface area contributed by atoms with Gasteiger partial charge in [0.05, 0.1) is 27.6 Å². The molecule has 0 bridgehead atoms. The fraction of sp³-hybridized carbons (Fsp3) is 0. The zero-order valence-electron chi connectivity index (χ0n) is 29.1. The van der Waals surface area contributed by atoms with E-state index in [4.69, 9.17) is 9.97 Å². The highest BCUT2D eigenvalue weighted by atomic mass is 15.2. The van der Waals surface area contributed by atoms with Gasteiger partial charge >= 0.3 is 0 Å². The van der Waals surface area contributed by atoms with Gasteiger partial charge in [-0.25, -0.2) is 9.97 Å². The Morgan fingerprint density at radius 1 is 0.333 bits per heavy atom. The second-order valence-corrected chi connectivity index (χ2v) is 14.2. The number of fused-ring (bicyclic) bond motifs is 11. The summed E-state index contributed by atoms with van der Waals surface area (Å²) in [5, 5.41) is 10.8. The summed E-state index contributed by atoms with van der Waals surface area (Å²) in [6, 6.07) is 65.6. The van der Waals surface area contributed by atoms with E-state index in [1.165, 1.54) is 59.8 Å². The highest BCUT2D eigenvalue weighted by Gasteiger charge is 2.22. The first-order valence-electron chi connectivity index (χ1n) is 18.4. The van der Waals surface area contributed by atoms with Gasteiger partial charge in [0.1, 0.15) is 5.65 Å². The van der Waals surface area contributed by atoms with Crippen LogP contribution in [-0.2, 0) is 0 Å². The molecule has 0 amide bonds. The maximum Gasteiger partial charge on any atom is 0.221 e. The Balaban J connectivity index is 1.19. The molecule has 0 fully saturated rings. The quantitative estimate of drug-likeness (QED) is 0.173. The third-order valence-electron chi connectivity index (χ3n) is 11.3. The molecule has 9 aromatic carbocycles. The number of hydrogen-bond acceptors (Lipinski definition) is 2. The van der Waals surface area contributed by atoms with Crippen molar-refractivity contribution in [2.75, 3.05) is 0 Å². The molecule has 3 aromatic heterocycles. The van der Waals surface area contributed by atoms with Crippen LogP contribution in [0.3, 0.4) is 0 Å². The van der Waals surface area contributed by atoms with Gasteiger partial charge in [-0.1, -0.05) is 140 Å². The predicted octanol–water partition coefficient (Wildman–Crippen LogP) is 12.9. The molecule has 3 heterocycles. The van der Waals surface area contributed by atoms with Crippen molar-refractivity contribution in [2.24, 2.45) is 0 Å². The first-order valence-corrected chi connectivity index (χ1v) is 18.4. The first kappa shape index (κ1) is 29.3. The normalized spacial score (nSPS) is 12.1. The Morgan fingerprint density at radius 3 is 1.57 bits per heavy atom. The van der Waals surface area contributed by atoms with Gasteiger partial charge in [0.25, 0.3) is 0 Å². The molecule has 0 saturated heterocycles. The van der Waals surface area contributed by atoms with E-state index in [1.54, 1.807) is 0 Å². The summed E-state index contributed by atoms with van der Waals surface area (Å²) in [6.45, 7) is 0. The van der Waals surface area contributed by atoms with Crippen molar-refractivity contribution >= 4 is 81.7 Å². The zero-order valence-corrected chi connectivity index (χ0v) is 29.1. The lowest BCUT2D eigenvalue weighted by atomic mass is 9.85. The molecule has 0 aliphatic rings. The van der Waals surface area contributed by atoms with E-state index in [0.29, 0.717) is 0 Å². The number of imidazole rings is 1. The number of para-hydroxylation sites is 4. The second-order valence-electron chi connectivity index (χ2n) is 14.2. The van der Waals surface area contributed by atoms with Crippen LogP contribution >= 0.6 is 0 Å². The molecule has 0 aliphatic carbocycles. The Hall–Kier alpha value is -7.30. The number of benzene rings is 9. The van der Waals surface area contributed by atoms with Crippen LogP contribution in [0.15, 0.2) is 182 Å². The van der Waals surface area contributed by atoms with E-state index in [1.807, 2.05) is 0 Å². The number of hydrogen-bond donors (Lipinski definition) is 0. The van der Waals surface area contributed by atoms with Crippen molar-refractivity contribution in [3.05, 3.63) is 182 Å². The van der Waals surface area contributed by atoms with Gasteiger partial charge in [0.15, 0.2) is 0 Å². The summed E-state index contributed by atoms with van der Waals surface area (Å²) in [7, 11) is 0. The van der Waals surface area contributed by atoms with Gasteiger partial charge in [-0.3, -0.25) is 8.97 Å². The average molecular weight is 687 g/mol. The average Bonchev–Trinajstić information content (AvgIpc) is 3.79. The second kappa shape index (κ2) is 11.1. The van der Waals surface area contributed by atoms with Crippen molar-refractivity contribution in [3.8, 4) is 28.2 Å². The lowest BCUT2D eigenvalue weighted by Crippen LogP contribution is -2.06. The molecule has 12 rings (SSSR count). The summed E-state index contributed by atoms with van der Waals surface area (Å²) < 4.78 is 4.58. The van der Waals surface area contributed by atoms with Crippen LogP contribution in [0, 0.1) is 0 Å². The third-order valence-corrected chi connectivity index (χ3v) is 11.3. The first-order chi connectivity index (χ1) is 26.8. The summed E-state index contributed by atoms with van der Waals surface area (Å²) in [6.07, 6.45) is 0. The number of aromatic nitrogens is 4. The van der Waals surface area contributed by atoms with Gasteiger partial charge in [-0.2, -0.15) is 0 Å². The molecule has 54 heavy (non-hydrogen) atoms. The maximum absolute atomic E-state index is 5.42. The van der Waals surface area contributed by atoms with Crippen LogP contribution in [0.5, 0.6) is 0 Å². The van der Waals surface area contributed by atoms with E-state index in [2.05, 4.69) is 191 Å². The minimum Gasteiger partial charge on any atom is -0.279 e. The minimum atomic E-state index is 0.821. The molecular formula is C50H30N4. The molecule has 4 heteroatoms. The fourth-order valence-electron chi connectivity index (χ4n) is 8.91. The molecule has 0 unspecified atom stereocenters. The molecule has 250 valence electrons. The Bertz CT molecular complexity index is 3460. The molecule has 0 N–H and O–H groups in total. The van der Waals surface area contributed by atoms with E-state index < -0.39 is 0 Å². The largest absolute Gasteiger partial charge is 0.279 e. The predicted molar refractivity (Wildman–Crippen MR) is 226 cm³/mol. The van der Waals surface area contributed by atoms with Crippen LogP contribution in [-0.4, -0.2) is 18.9 Å². The van der Waals surface area contributed by atoms with Gasteiger partial charge < -0.3 is 0 Å². The van der Waals surface area contributed by atoms with Crippen molar-refractivity contribution in [1.82, 2.24) is 18.9 Å². The Morgan fingerprint density at radius 2 is 0.852 bits per heavy atom. The van der Waals surface area contributed by atoms with Crippen LogP contribution in [0.25, 0.3) is 110 Å². The molecule has 12 aromatic rings. The summed E-state index contributed by atoms with van der Waals surface area (Å²) in [5.41, 5.74) is 10.9. The topological polar surface area (TPSA) is 35.1 Å². The van der Waals surface area contributed by atoms with Crippen molar-refractivity contribution in [2.45, 2.75) is 0 Å². The van der Waals surface area contributed by atoms with Crippen LogP contribution in [0.2, 0.25) is 0 Å². The summed E-state index contributed by atoms with van der Waals surface area (Å²) in [4.78, 5) is 10.6. The van der Waals surface area contributed by atoms with E-state index in [-0.39, 0.29) is 0 Å². The number of nitrogens with zero attached hydrogens (tertiary/aromatic N) is 4. The lowest BCUT2D eigenvalue weighted by molar-refractivity contribution is 0.979. The lowest BCUT2D eigenvalue weighted by Gasteiger charge is -2.18. The Kier molecular flexibility index (Phi) is 6.02. The molecule has 0 atom stereocenters. The van der Waals surface area contributed by atoms with E-state index in [0.717, 1.165) is 50.1 Å². The molecule has 4 nitrogen and oxygen atoms in total. The summed E-state index contributed by atoms with van der Waals surface area (Å²) >= 11 is 0. The van der Waals surface area contributed by atoms with Crippen molar-refractivity contribution in [3.63, 3.8) is 0 Å². The molecule has 0 saturated carbocycles. The molecule has 0 radical (unpaired) electrons. The van der Waals surface area contributed by atoms with Gasteiger partial charge in [0, 0.05) is 16.2 Å².